The van der Waals surface area contributed by atoms with Gasteiger partial charge in [-0.1, -0.05) is 12.1 Å². The van der Waals surface area contributed by atoms with E-state index in [9.17, 15) is 4.79 Å². The molecule has 0 spiro atoms. The molecule has 0 atom stereocenters. The maximum atomic E-state index is 12.4. The molecule has 0 saturated carbocycles. The Morgan fingerprint density at radius 3 is 2.56 bits per heavy atom. The summed E-state index contributed by atoms with van der Waals surface area (Å²) >= 11 is 0. The largest absolute Gasteiger partial charge is 0.483 e. The maximum absolute atomic E-state index is 12.4. The van der Waals surface area contributed by atoms with Crippen LogP contribution in [-0.2, 0) is 23.2 Å². The van der Waals surface area contributed by atoms with E-state index < -0.39 is 0 Å². The predicted molar refractivity (Wildman–Crippen MR) is 93.1 cm³/mol. The number of methoxy groups -OCH3 is 1. The molecule has 2 aromatic rings. The molecule has 0 aliphatic heterocycles. The summed E-state index contributed by atoms with van der Waals surface area (Å²) in [7, 11) is 3.45. The molecule has 1 heterocycles. The fourth-order valence-corrected chi connectivity index (χ4v) is 2.28. The number of ether oxygens (including phenoxy) is 1. The van der Waals surface area contributed by atoms with E-state index in [0.717, 1.165) is 11.4 Å². The first-order chi connectivity index (χ1) is 12.0. The summed E-state index contributed by atoms with van der Waals surface area (Å²) in [6.45, 7) is 5.49. The van der Waals surface area contributed by atoms with E-state index in [0.29, 0.717) is 31.1 Å². The van der Waals surface area contributed by atoms with Gasteiger partial charge in [0.1, 0.15) is 6.61 Å². The van der Waals surface area contributed by atoms with E-state index in [2.05, 4.69) is 10.1 Å². The molecule has 0 aliphatic rings. The van der Waals surface area contributed by atoms with Gasteiger partial charge in [0.25, 0.3) is 12.4 Å². The number of aryl methyl sites for hydroxylation is 1. The second-order valence-electron chi connectivity index (χ2n) is 5.07. The normalized spacial score (nSPS) is 9.92. The number of carbonyl (C=O) groups excluding carboxylic acids is 1. The van der Waals surface area contributed by atoms with Crippen LogP contribution in [0.25, 0.3) is 11.4 Å². The first-order valence-electron chi connectivity index (χ1n) is 7.88. The molecule has 0 bridgehead atoms. The molecule has 0 unspecified atom stereocenters. The van der Waals surface area contributed by atoms with Crippen molar-refractivity contribution >= 4 is 12.4 Å². The van der Waals surface area contributed by atoms with Crippen LogP contribution in [-0.4, -0.2) is 57.3 Å². The number of amides is 1. The molecule has 0 aliphatic carbocycles. The maximum Gasteiger partial charge on any atom is 0.290 e. The number of carbonyl (C=O) groups is 2. The van der Waals surface area contributed by atoms with E-state index in [1.54, 1.807) is 16.7 Å². The average molecular weight is 348 g/mol. The van der Waals surface area contributed by atoms with Crippen molar-refractivity contribution in [1.82, 2.24) is 19.7 Å². The summed E-state index contributed by atoms with van der Waals surface area (Å²) < 4.78 is 6.79. The van der Waals surface area contributed by atoms with E-state index in [4.69, 9.17) is 14.6 Å². The molecule has 8 heteroatoms. The van der Waals surface area contributed by atoms with Crippen LogP contribution < -0.4 is 0 Å². The van der Waals surface area contributed by atoms with Gasteiger partial charge in [-0.15, -0.1) is 0 Å². The molecular formula is C17H24N4O4. The van der Waals surface area contributed by atoms with Crippen molar-refractivity contribution in [3.05, 3.63) is 35.7 Å². The summed E-state index contributed by atoms with van der Waals surface area (Å²) in [6, 6.07) is 7.43. The zero-order chi connectivity index (χ0) is 18.8. The van der Waals surface area contributed by atoms with Gasteiger partial charge in [0.15, 0.2) is 11.6 Å². The Morgan fingerprint density at radius 1 is 1.36 bits per heavy atom. The van der Waals surface area contributed by atoms with Gasteiger partial charge in [-0.25, -0.2) is 4.98 Å². The summed E-state index contributed by atoms with van der Waals surface area (Å²) in [5.74, 6) is 1.38. The molecule has 2 rings (SSSR count). The summed E-state index contributed by atoms with van der Waals surface area (Å²) in [6.07, 6.45) is 0. The molecule has 1 aromatic heterocycles. The van der Waals surface area contributed by atoms with Crippen LogP contribution in [0.5, 0.6) is 0 Å². The van der Waals surface area contributed by atoms with Crippen LogP contribution in [0.4, 0.5) is 0 Å². The van der Waals surface area contributed by atoms with Crippen molar-refractivity contribution in [3.8, 4) is 11.4 Å². The van der Waals surface area contributed by atoms with Gasteiger partial charge in [0.05, 0.1) is 0 Å². The number of hydrogen-bond acceptors (Lipinski definition) is 5. The van der Waals surface area contributed by atoms with Crippen LogP contribution in [0.3, 0.4) is 0 Å². The Labute approximate surface area is 147 Å². The van der Waals surface area contributed by atoms with Crippen molar-refractivity contribution in [1.29, 1.82) is 0 Å². The second-order valence-corrected chi connectivity index (χ2v) is 5.07. The average Bonchev–Trinajstić information content (AvgIpc) is 2.98. The molecule has 1 amide bonds. The third-order valence-corrected chi connectivity index (χ3v) is 3.55. The molecule has 1 aromatic carbocycles. The molecule has 0 saturated heterocycles. The lowest BCUT2D eigenvalue weighted by molar-refractivity contribution is -0.122. The van der Waals surface area contributed by atoms with E-state index in [-0.39, 0.29) is 12.4 Å². The van der Waals surface area contributed by atoms with E-state index in [1.807, 2.05) is 45.2 Å². The topological polar surface area (TPSA) is 97.6 Å². The van der Waals surface area contributed by atoms with Crippen molar-refractivity contribution in [2.24, 2.45) is 7.05 Å². The Morgan fingerprint density at radius 2 is 2.00 bits per heavy atom. The number of hydrogen-bond donors (Lipinski definition) is 1. The van der Waals surface area contributed by atoms with Gasteiger partial charge in [0.2, 0.25) is 0 Å². The quantitative estimate of drug-likeness (QED) is 0.800. The zero-order valence-corrected chi connectivity index (χ0v) is 15.0. The highest BCUT2D eigenvalue weighted by atomic mass is 16.5. The molecule has 8 nitrogen and oxygen atoms in total. The Kier molecular flexibility index (Phi) is 8.28. The lowest BCUT2D eigenvalue weighted by Crippen LogP contribution is -2.30. The highest BCUT2D eigenvalue weighted by Crippen LogP contribution is 2.18. The minimum absolute atomic E-state index is 0.0277. The highest BCUT2D eigenvalue weighted by molar-refractivity contribution is 5.95. The van der Waals surface area contributed by atoms with Crippen LogP contribution in [0.2, 0.25) is 0 Å². The standard InChI is InChI=1S/C16H22N4O2.CH2O2/c1-5-20(6-2)16(21)13-9-7-8-12(10-13)15-17-14(11-22-4)19(3)18-15;2-1-3/h7-10H,5-6,11H2,1-4H3;1H,(H,2,3). The lowest BCUT2D eigenvalue weighted by Gasteiger charge is -2.18. The van der Waals surface area contributed by atoms with Crippen molar-refractivity contribution < 1.29 is 19.4 Å². The fraction of sp³-hybridized carbons (Fsp3) is 0.412. The fourth-order valence-electron chi connectivity index (χ4n) is 2.28. The molecule has 136 valence electrons. The van der Waals surface area contributed by atoms with Crippen LogP contribution in [0.15, 0.2) is 24.3 Å². The number of nitrogens with zero attached hydrogens (tertiary/aromatic N) is 4. The van der Waals surface area contributed by atoms with Crippen LogP contribution >= 0.6 is 0 Å². The highest BCUT2D eigenvalue weighted by Gasteiger charge is 2.15. The first-order valence-corrected chi connectivity index (χ1v) is 7.88. The number of benzene rings is 1. The molecule has 1 N–H and O–H groups in total. The van der Waals surface area contributed by atoms with Crippen LogP contribution in [0.1, 0.15) is 30.0 Å². The molecule has 0 fully saturated rings. The smallest absolute Gasteiger partial charge is 0.290 e. The Hall–Kier alpha value is -2.74. The first kappa shape index (κ1) is 20.3. The van der Waals surface area contributed by atoms with Gasteiger partial charge in [0, 0.05) is 38.4 Å². The van der Waals surface area contributed by atoms with Crippen molar-refractivity contribution in [2.45, 2.75) is 20.5 Å². The number of carboxylic acid groups (broad SMARTS) is 1. The van der Waals surface area contributed by atoms with E-state index >= 15 is 0 Å². The number of rotatable bonds is 6. The Bertz CT molecular complexity index is 696. The minimum atomic E-state index is -0.250. The van der Waals surface area contributed by atoms with Gasteiger partial charge in [-0.05, 0) is 26.0 Å². The van der Waals surface area contributed by atoms with Crippen molar-refractivity contribution in [2.75, 3.05) is 20.2 Å². The lowest BCUT2D eigenvalue weighted by atomic mass is 10.1. The summed E-state index contributed by atoms with van der Waals surface area (Å²) in [5.41, 5.74) is 1.48. The zero-order valence-electron chi connectivity index (χ0n) is 15.0. The van der Waals surface area contributed by atoms with E-state index in [1.165, 1.54) is 0 Å². The second kappa shape index (κ2) is 10.2. The van der Waals surface area contributed by atoms with Crippen molar-refractivity contribution in [3.63, 3.8) is 0 Å². The predicted octanol–water partition coefficient (Wildman–Crippen LogP) is 1.81. The third-order valence-electron chi connectivity index (χ3n) is 3.55. The van der Waals surface area contributed by atoms with Gasteiger partial charge in [-0.3, -0.25) is 14.3 Å². The Balaban J connectivity index is 0.000000970. The summed E-state index contributed by atoms with van der Waals surface area (Å²) in [4.78, 5) is 27.0. The third kappa shape index (κ3) is 5.39. The molecule has 0 radical (unpaired) electrons. The monoisotopic (exact) mass is 348 g/mol. The van der Waals surface area contributed by atoms with Gasteiger partial charge >= 0.3 is 0 Å². The van der Waals surface area contributed by atoms with Gasteiger partial charge in [-0.2, -0.15) is 5.10 Å². The number of aromatic nitrogens is 3. The molecular weight excluding hydrogens is 324 g/mol. The SMILES string of the molecule is CCN(CC)C(=O)c1cccc(-c2nc(COC)n(C)n2)c1.O=CO. The van der Waals surface area contributed by atoms with Crippen LogP contribution in [0, 0.1) is 0 Å². The van der Waals surface area contributed by atoms with Gasteiger partial charge < -0.3 is 14.7 Å². The minimum Gasteiger partial charge on any atom is -0.483 e. The summed E-state index contributed by atoms with van der Waals surface area (Å²) in [5, 5.41) is 11.3. The molecule has 25 heavy (non-hydrogen) atoms.